The van der Waals surface area contributed by atoms with Crippen LogP contribution in [0.25, 0.3) is 0 Å². The fraction of sp³-hybridized carbons (Fsp3) is 1.00. The highest BCUT2D eigenvalue weighted by Gasteiger charge is 2.73. The molecule has 0 radical (unpaired) electrons. The largest absolute Gasteiger partial charge is 0.575 e. The highest BCUT2D eigenvalue weighted by Crippen LogP contribution is 2.36. The molecule has 0 saturated heterocycles. The van der Waals surface area contributed by atoms with Crippen LogP contribution in [0.15, 0.2) is 0 Å². The summed E-state index contributed by atoms with van der Waals surface area (Å²) in [4.78, 5) is 75.1. The molecule has 158 valence electrons. The molecule has 0 heterocycles. The average molecular weight is 420 g/mol. The molecular weight excluding hydrogens is 412 g/mol. The normalized spacial score (nSPS) is 12.2. The zero-order valence-electron chi connectivity index (χ0n) is 13.2. The van der Waals surface area contributed by atoms with Gasteiger partial charge < -0.3 is 9.68 Å². The molecule has 0 aliphatic rings. The summed E-state index contributed by atoms with van der Waals surface area (Å²) in [5, 5.41) is 57.2. The van der Waals surface area contributed by atoms with Crippen LogP contribution in [0, 0.1) is 66.1 Å². The van der Waals surface area contributed by atoms with Crippen LogP contribution < -0.4 is 0 Å². The average Bonchev–Trinajstić information content (AvgIpc) is 2.49. The molecular formula is C6H8N6O16. The minimum atomic E-state index is -4.54. The number of nitrogens with zero attached hydrogens (tertiary/aromatic N) is 6. The maximum atomic E-state index is 11.4. The molecule has 22 heteroatoms. The van der Waals surface area contributed by atoms with Gasteiger partial charge in [0.05, 0.1) is 10.3 Å². The monoisotopic (exact) mass is 420 g/mol. The maximum absolute atomic E-state index is 11.4. The molecule has 28 heavy (non-hydrogen) atoms. The van der Waals surface area contributed by atoms with Crippen molar-refractivity contribution in [1.29, 1.82) is 0 Å². The summed E-state index contributed by atoms with van der Waals surface area (Å²) in [5.74, 6) is -4.54. The van der Waals surface area contributed by atoms with E-state index in [1.165, 1.54) is 0 Å². The second-order valence-electron chi connectivity index (χ2n) is 4.85. The summed E-state index contributed by atoms with van der Waals surface area (Å²) in [6.45, 7) is -2.70. The predicted molar refractivity (Wildman–Crippen MR) is 70.7 cm³/mol. The third-order valence-electron chi connectivity index (χ3n) is 2.88. The van der Waals surface area contributed by atoms with E-state index in [9.17, 15) is 60.7 Å². The molecule has 22 nitrogen and oxygen atoms in total. The third-order valence-corrected chi connectivity index (χ3v) is 2.88. The van der Waals surface area contributed by atoms with Gasteiger partial charge in [0.1, 0.15) is 13.2 Å². The van der Waals surface area contributed by atoms with Gasteiger partial charge in [-0.3, -0.25) is 20.2 Å². The van der Waals surface area contributed by atoms with Gasteiger partial charge in [-0.25, -0.2) is 0 Å². The fourth-order valence-electron chi connectivity index (χ4n) is 1.92. The number of hydrogen-bond acceptors (Lipinski definition) is 16. The second-order valence-corrected chi connectivity index (χ2v) is 4.85. The van der Waals surface area contributed by atoms with Gasteiger partial charge in [-0.05, 0) is 6.92 Å². The van der Waals surface area contributed by atoms with E-state index in [0.717, 1.165) is 0 Å². The highest BCUT2D eigenvalue weighted by atomic mass is 17.1. The summed E-state index contributed by atoms with van der Waals surface area (Å²) < 4.78 is 0. The molecule has 1 unspecified atom stereocenters. The summed E-state index contributed by atoms with van der Waals surface area (Å²) in [5.41, 5.74) is -2.89. The van der Waals surface area contributed by atoms with Gasteiger partial charge >= 0.3 is 22.1 Å². The van der Waals surface area contributed by atoms with Crippen LogP contribution in [0.4, 0.5) is 0 Å². The van der Waals surface area contributed by atoms with E-state index in [1.807, 2.05) is 0 Å². The maximum Gasteiger partial charge on any atom is 0.575 e. The Kier molecular flexibility index (Phi) is 7.42. The van der Waals surface area contributed by atoms with Crippen LogP contribution in [-0.2, 0) is 19.4 Å². The molecule has 0 saturated carbocycles. The Morgan fingerprint density at radius 2 is 1.07 bits per heavy atom. The zero-order chi connectivity index (χ0) is 22.3. The smallest absolute Gasteiger partial charge is 0.313 e. The zero-order valence-corrected chi connectivity index (χ0v) is 13.2. The summed E-state index contributed by atoms with van der Waals surface area (Å²) in [6, 6.07) is -3.37. The van der Waals surface area contributed by atoms with Crippen molar-refractivity contribution in [2.75, 3.05) is 13.2 Å². The Hall–Kier alpha value is -4.40. The van der Waals surface area contributed by atoms with Crippen molar-refractivity contribution in [1.82, 2.24) is 0 Å². The van der Waals surface area contributed by atoms with Crippen LogP contribution >= 0.6 is 0 Å². The van der Waals surface area contributed by atoms with Crippen molar-refractivity contribution in [3.05, 3.63) is 60.7 Å². The summed E-state index contributed by atoms with van der Waals surface area (Å²) in [6.07, 6.45) is 0. The molecule has 0 aromatic heterocycles. The Morgan fingerprint density at radius 3 is 1.29 bits per heavy atom. The van der Waals surface area contributed by atoms with Gasteiger partial charge in [0, 0.05) is 4.92 Å². The van der Waals surface area contributed by atoms with E-state index >= 15 is 0 Å². The quantitative estimate of drug-likeness (QED) is 0.173. The van der Waals surface area contributed by atoms with Gasteiger partial charge in [-0.2, -0.15) is 9.68 Å². The molecule has 1 atom stereocenters. The van der Waals surface area contributed by atoms with Crippen molar-refractivity contribution in [2.45, 2.75) is 18.9 Å². The van der Waals surface area contributed by atoms with Crippen LogP contribution in [0.2, 0.25) is 0 Å². The molecule has 0 aliphatic carbocycles. The first-order valence-corrected chi connectivity index (χ1v) is 6.17. The first-order chi connectivity index (χ1) is 12.7. The molecule has 0 N–H and O–H groups in total. The Morgan fingerprint density at radius 1 is 0.714 bits per heavy atom. The summed E-state index contributed by atoms with van der Waals surface area (Å²) in [7, 11) is 0. The molecule has 0 spiro atoms. The lowest BCUT2D eigenvalue weighted by Gasteiger charge is -2.33. The molecule has 0 amide bonds. The number of nitro groups is 2. The van der Waals surface area contributed by atoms with E-state index in [4.69, 9.17) is 0 Å². The Bertz CT molecular complexity index is 643. The minimum absolute atomic E-state index is 0.471. The van der Waals surface area contributed by atoms with Crippen LogP contribution in [0.3, 0.4) is 0 Å². The SMILES string of the molecule is CC(CO[N+](=O)[O-])(CO[N+](=O)[O-])C([N+](=O)[O-])C(O[N+](=O)[O-])(O[N+](=O)[O-])[N+](=O)[O-]. The molecule has 0 aromatic rings. The summed E-state index contributed by atoms with van der Waals surface area (Å²) >= 11 is 0. The van der Waals surface area contributed by atoms with Crippen molar-refractivity contribution >= 4 is 0 Å². The molecule has 0 bridgehead atoms. The molecule has 0 fully saturated rings. The first-order valence-electron chi connectivity index (χ1n) is 6.17. The fourth-order valence-corrected chi connectivity index (χ4v) is 1.92. The third kappa shape index (κ3) is 5.85. The van der Waals surface area contributed by atoms with Gasteiger partial charge in [0.15, 0.2) is 0 Å². The first kappa shape index (κ1) is 23.6. The predicted octanol–water partition coefficient (Wildman–Crippen LogP) is -1.60. The topological polar surface area (TPSA) is 296 Å². The van der Waals surface area contributed by atoms with Gasteiger partial charge in [-0.15, -0.1) is 40.5 Å². The number of hydrogen-bond donors (Lipinski definition) is 0. The van der Waals surface area contributed by atoms with Gasteiger partial charge in [0.2, 0.25) is 0 Å². The van der Waals surface area contributed by atoms with Crippen LogP contribution in [0.1, 0.15) is 6.92 Å². The van der Waals surface area contributed by atoms with E-state index in [0.29, 0.717) is 6.92 Å². The Labute approximate surface area is 149 Å². The van der Waals surface area contributed by atoms with Crippen LogP contribution in [-0.4, -0.2) is 55.4 Å². The van der Waals surface area contributed by atoms with Crippen molar-refractivity contribution < 1.29 is 49.5 Å². The Balaban J connectivity index is 6.63. The van der Waals surface area contributed by atoms with Crippen molar-refractivity contribution in [3.63, 3.8) is 0 Å². The molecule has 0 rings (SSSR count). The lowest BCUT2D eigenvalue weighted by atomic mass is 9.82. The van der Waals surface area contributed by atoms with Gasteiger partial charge in [0.25, 0.3) is 10.2 Å². The van der Waals surface area contributed by atoms with E-state index < -0.39 is 60.8 Å². The lowest BCUT2D eigenvalue weighted by Crippen LogP contribution is -2.66. The lowest BCUT2D eigenvalue weighted by molar-refractivity contribution is -0.976. The van der Waals surface area contributed by atoms with Crippen molar-refractivity contribution in [2.24, 2.45) is 5.41 Å². The molecule has 0 aromatic carbocycles. The highest BCUT2D eigenvalue weighted by molar-refractivity contribution is 4.88. The van der Waals surface area contributed by atoms with E-state index in [-0.39, 0.29) is 0 Å². The van der Waals surface area contributed by atoms with Crippen LogP contribution in [0.5, 0.6) is 0 Å². The standard InChI is InChI=1S/C6H8N6O16/c1-5(2-25-9(17)18,3-26-10(19)20)4(7(13)14)6(8(15)16,27-11(21)22)28-12(23)24/h4H,2-3H2,1H3. The number of rotatable bonds is 14. The minimum Gasteiger partial charge on any atom is -0.313 e. The van der Waals surface area contributed by atoms with E-state index in [2.05, 4.69) is 19.4 Å². The van der Waals surface area contributed by atoms with Gasteiger partial charge in [-0.1, -0.05) is 0 Å². The molecule has 0 aliphatic heterocycles. The van der Waals surface area contributed by atoms with E-state index in [1.54, 1.807) is 0 Å². The van der Waals surface area contributed by atoms with Crippen molar-refractivity contribution in [3.8, 4) is 0 Å². The second kappa shape index (κ2) is 8.81.